The number of aromatic nitrogens is 2. The first-order valence-electron chi connectivity index (χ1n) is 14.6. The summed E-state index contributed by atoms with van der Waals surface area (Å²) >= 11 is 1.28. The van der Waals surface area contributed by atoms with Crippen LogP contribution in [0.1, 0.15) is 83.1 Å². The molecule has 4 atom stereocenters. The molecule has 228 valence electrons. The molecule has 1 fully saturated rings. The van der Waals surface area contributed by atoms with Gasteiger partial charge >= 0.3 is 0 Å². The summed E-state index contributed by atoms with van der Waals surface area (Å²) in [6.45, 7) is 5.99. The van der Waals surface area contributed by atoms with E-state index >= 15 is 0 Å². The molecular formula is C30H37N7O5S. The molecule has 3 aromatic rings. The van der Waals surface area contributed by atoms with E-state index in [4.69, 9.17) is 4.42 Å². The molecule has 5 rings (SSSR count). The van der Waals surface area contributed by atoms with Crippen molar-refractivity contribution in [3.63, 3.8) is 0 Å². The lowest BCUT2D eigenvalue weighted by Gasteiger charge is -2.27. The molecule has 4 bridgehead atoms. The normalized spacial score (nSPS) is 23.7. The van der Waals surface area contributed by atoms with Crippen molar-refractivity contribution in [1.29, 1.82) is 0 Å². The third-order valence-electron chi connectivity index (χ3n) is 7.63. The number of nitrogens with zero attached hydrogens (tertiary/aromatic N) is 3. The highest BCUT2D eigenvalue weighted by Gasteiger charge is 2.32. The molecular weight excluding hydrogens is 570 g/mol. The fraction of sp³-hybridized carbons (Fsp3) is 0.467. The Bertz CT molecular complexity index is 1460. The summed E-state index contributed by atoms with van der Waals surface area (Å²) < 4.78 is 5.69. The first kappa shape index (κ1) is 30.4. The van der Waals surface area contributed by atoms with E-state index in [1.807, 2.05) is 51.1 Å². The Morgan fingerprint density at radius 3 is 2.58 bits per heavy atom. The monoisotopic (exact) mass is 607 g/mol. The van der Waals surface area contributed by atoms with Crippen molar-refractivity contribution in [3.8, 4) is 0 Å². The van der Waals surface area contributed by atoms with Gasteiger partial charge in [-0.05, 0) is 31.2 Å². The molecule has 0 saturated carbocycles. The smallest absolute Gasteiger partial charge is 0.273 e. The number of oxazole rings is 1. The summed E-state index contributed by atoms with van der Waals surface area (Å²) in [7, 11) is 0. The molecule has 12 nitrogen and oxygen atoms in total. The van der Waals surface area contributed by atoms with Crippen LogP contribution in [0.15, 0.2) is 46.4 Å². The van der Waals surface area contributed by atoms with Gasteiger partial charge in [0, 0.05) is 30.9 Å². The number of rotatable bonds is 4. The molecule has 1 saturated heterocycles. The van der Waals surface area contributed by atoms with Gasteiger partial charge in [-0.3, -0.25) is 19.2 Å². The van der Waals surface area contributed by atoms with E-state index in [0.717, 1.165) is 12.0 Å². The van der Waals surface area contributed by atoms with Crippen molar-refractivity contribution in [2.75, 3.05) is 19.6 Å². The second-order valence-corrected chi connectivity index (χ2v) is 12.2. The van der Waals surface area contributed by atoms with Gasteiger partial charge in [-0.1, -0.05) is 44.2 Å². The number of fused-ring (bicyclic) bond motifs is 4. The molecule has 1 aromatic carbocycles. The summed E-state index contributed by atoms with van der Waals surface area (Å²) in [4.78, 5) is 63.5. The van der Waals surface area contributed by atoms with Crippen LogP contribution in [-0.2, 0) is 16.0 Å². The topological polar surface area (TPSA) is 159 Å². The van der Waals surface area contributed by atoms with Gasteiger partial charge in [0.15, 0.2) is 5.69 Å². The Kier molecular flexibility index (Phi) is 9.51. The maximum atomic E-state index is 13.4. The molecule has 4 N–H and O–H groups in total. The molecule has 43 heavy (non-hydrogen) atoms. The third-order valence-corrected chi connectivity index (χ3v) is 8.56. The Labute approximate surface area is 254 Å². The number of amides is 4. The van der Waals surface area contributed by atoms with Gasteiger partial charge in [0.1, 0.15) is 23.0 Å². The van der Waals surface area contributed by atoms with Crippen LogP contribution in [-0.4, -0.2) is 70.2 Å². The van der Waals surface area contributed by atoms with E-state index in [1.165, 1.54) is 22.5 Å². The molecule has 0 spiro atoms. The van der Waals surface area contributed by atoms with Gasteiger partial charge in [-0.15, -0.1) is 11.3 Å². The lowest BCUT2D eigenvalue weighted by molar-refractivity contribution is -0.137. The number of nitrogens with one attached hydrogen (secondary N) is 4. The average Bonchev–Trinajstić information content (AvgIpc) is 3.76. The highest BCUT2D eigenvalue weighted by molar-refractivity contribution is 7.09. The number of benzene rings is 1. The van der Waals surface area contributed by atoms with Crippen molar-refractivity contribution >= 4 is 35.0 Å². The van der Waals surface area contributed by atoms with E-state index < -0.39 is 29.9 Å². The first-order chi connectivity index (χ1) is 20.7. The van der Waals surface area contributed by atoms with Crippen molar-refractivity contribution in [2.45, 2.75) is 64.2 Å². The first-order valence-corrected chi connectivity index (χ1v) is 15.4. The standard InChI is InChI=1S/C30H37N7O5S/c1-17(2)25-29-35-23(16-43-29)27(40)33-21(13-19-7-5-4-6-8-19)28-34-22(15-42-28)26(39)31-11-12-37(14-24(38)36-25)30(41)20-10-9-18(3)32-20/h4-8,15-18,20-21,25,32H,9-14H2,1-3H3,(H,31,39)(H,33,40)(H,36,38)/t18-,20-,21-,25-/m0/s1. The van der Waals surface area contributed by atoms with Gasteiger partial charge in [0.2, 0.25) is 17.7 Å². The fourth-order valence-corrected chi connectivity index (χ4v) is 6.30. The molecule has 0 unspecified atom stereocenters. The number of hydrogen-bond donors (Lipinski definition) is 4. The zero-order valence-corrected chi connectivity index (χ0v) is 25.3. The largest absolute Gasteiger partial charge is 0.446 e. The van der Waals surface area contributed by atoms with Crippen molar-refractivity contribution in [2.24, 2.45) is 5.92 Å². The molecule has 2 aromatic heterocycles. The van der Waals surface area contributed by atoms with E-state index in [2.05, 4.69) is 31.2 Å². The van der Waals surface area contributed by atoms with Crippen LogP contribution in [0, 0.1) is 5.92 Å². The Morgan fingerprint density at radius 2 is 1.86 bits per heavy atom. The van der Waals surface area contributed by atoms with Crippen LogP contribution in [0.2, 0.25) is 0 Å². The minimum absolute atomic E-state index is 0.0334. The summed E-state index contributed by atoms with van der Waals surface area (Å²) in [6.07, 6.45) is 3.16. The molecule has 4 heterocycles. The van der Waals surface area contributed by atoms with Crippen LogP contribution in [0.5, 0.6) is 0 Å². The minimum Gasteiger partial charge on any atom is -0.446 e. The van der Waals surface area contributed by atoms with Crippen LogP contribution in [0.25, 0.3) is 0 Å². The van der Waals surface area contributed by atoms with Crippen molar-refractivity contribution in [1.82, 2.24) is 36.1 Å². The Morgan fingerprint density at radius 1 is 1.07 bits per heavy atom. The van der Waals surface area contributed by atoms with Gasteiger partial charge in [-0.2, -0.15) is 0 Å². The van der Waals surface area contributed by atoms with Gasteiger partial charge < -0.3 is 30.6 Å². The predicted molar refractivity (Wildman–Crippen MR) is 159 cm³/mol. The van der Waals surface area contributed by atoms with E-state index in [9.17, 15) is 19.2 Å². The zero-order chi connectivity index (χ0) is 30.5. The van der Waals surface area contributed by atoms with Crippen LogP contribution in [0.3, 0.4) is 0 Å². The summed E-state index contributed by atoms with van der Waals surface area (Å²) in [5, 5.41) is 14.3. The summed E-state index contributed by atoms with van der Waals surface area (Å²) in [5.74, 6) is -1.31. The van der Waals surface area contributed by atoms with Crippen LogP contribution < -0.4 is 21.3 Å². The van der Waals surface area contributed by atoms with E-state index in [-0.39, 0.29) is 60.7 Å². The van der Waals surface area contributed by atoms with Gasteiger partial charge in [0.25, 0.3) is 11.8 Å². The number of carbonyl (C=O) groups excluding carboxylic acids is 4. The molecule has 13 heteroatoms. The average molecular weight is 608 g/mol. The minimum atomic E-state index is -0.671. The van der Waals surface area contributed by atoms with Crippen LogP contribution >= 0.6 is 11.3 Å². The Hall–Kier alpha value is -4.10. The lowest BCUT2D eigenvalue weighted by Crippen LogP contribution is -2.51. The zero-order valence-electron chi connectivity index (χ0n) is 24.5. The second-order valence-electron chi connectivity index (χ2n) is 11.4. The molecule has 0 radical (unpaired) electrons. The van der Waals surface area contributed by atoms with E-state index in [1.54, 1.807) is 5.38 Å². The maximum Gasteiger partial charge on any atom is 0.273 e. The van der Waals surface area contributed by atoms with Gasteiger partial charge in [0.05, 0.1) is 18.6 Å². The Balaban J connectivity index is 1.44. The maximum absolute atomic E-state index is 13.4. The third kappa shape index (κ3) is 7.46. The number of carbonyl (C=O) groups is 4. The van der Waals surface area contributed by atoms with E-state index in [0.29, 0.717) is 17.8 Å². The van der Waals surface area contributed by atoms with Crippen molar-refractivity contribution in [3.05, 3.63) is 69.8 Å². The molecule has 0 aliphatic carbocycles. The van der Waals surface area contributed by atoms with Crippen molar-refractivity contribution < 1.29 is 23.6 Å². The highest BCUT2D eigenvalue weighted by Crippen LogP contribution is 2.26. The molecule has 2 aliphatic heterocycles. The summed E-state index contributed by atoms with van der Waals surface area (Å²) in [6, 6.07) is 8.24. The molecule has 2 aliphatic rings. The SMILES string of the molecule is CC(C)[C@@H]1NC(=O)CN(C(=O)[C@@H]2CC[C@H](C)N2)CCNC(=O)c2coc(n2)[C@H](Cc2ccccc2)NC(=O)c2csc1n2. The quantitative estimate of drug-likeness (QED) is 0.352. The predicted octanol–water partition coefficient (Wildman–Crippen LogP) is 2.37. The number of hydrogen-bond acceptors (Lipinski definition) is 9. The highest BCUT2D eigenvalue weighted by atomic mass is 32.1. The van der Waals surface area contributed by atoms with Crippen LogP contribution in [0.4, 0.5) is 0 Å². The fourth-order valence-electron chi connectivity index (χ4n) is 5.28. The number of thiazole rings is 1. The summed E-state index contributed by atoms with van der Waals surface area (Å²) in [5.41, 5.74) is 1.18. The lowest BCUT2D eigenvalue weighted by atomic mass is 10.0. The van der Waals surface area contributed by atoms with Gasteiger partial charge in [-0.25, -0.2) is 9.97 Å². The molecule has 4 amide bonds. The second kappa shape index (κ2) is 13.5.